The third-order valence-corrected chi connectivity index (χ3v) is 4.55. The number of rotatable bonds is 4. The van der Waals surface area contributed by atoms with Gasteiger partial charge in [-0.25, -0.2) is 4.39 Å². The van der Waals surface area contributed by atoms with E-state index in [2.05, 4.69) is 5.32 Å². The number of halogens is 4. The Morgan fingerprint density at radius 2 is 1.58 bits per heavy atom. The predicted octanol–water partition coefficient (Wildman–Crippen LogP) is 5.47. The van der Waals surface area contributed by atoms with Gasteiger partial charge in [-0.05, 0) is 35.4 Å². The lowest BCUT2D eigenvalue weighted by molar-refractivity contribution is -0.137. The standard InChI is InChI=1S/C23H18F4N2O2/c1-29(2)22(31)17-12-11-15(24)13-19(17)28-21(30)20-16(14-7-4-3-5-8-14)9-6-10-18(20)23(25,26)27/h3-13H,1-2H3,(H,28,30). The van der Waals surface area contributed by atoms with Crippen LogP contribution in [0.1, 0.15) is 26.3 Å². The number of alkyl halides is 3. The van der Waals surface area contributed by atoms with Crippen molar-refractivity contribution in [2.75, 3.05) is 19.4 Å². The molecule has 0 fully saturated rings. The Bertz CT molecular complexity index is 1130. The first kappa shape index (κ1) is 22.0. The first-order chi connectivity index (χ1) is 14.6. The molecule has 4 nitrogen and oxygen atoms in total. The molecule has 160 valence electrons. The Kier molecular flexibility index (Phi) is 6.10. The molecule has 0 aromatic heterocycles. The lowest BCUT2D eigenvalue weighted by atomic mass is 9.94. The number of hydrogen-bond donors (Lipinski definition) is 1. The number of amides is 2. The molecule has 8 heteroatoms. The van der Waals surface area contributed by atoms with Crippen LogP contribution in [0.2, 0.25) is 0 Å². The van der Waals surface area contributed by atoms with Crippen LogP contribution >= 0.6 is 0 Å². The normalized spacial score (nSPS) is 11.2. The summed E-state index contributed by atoms with van der Waals surface area (Å²) in [6, 6.07) is 14.6. The highest BCUT2D eigenvalue weighted by Gasteiger charge is 2.37. The highest BCUT2D eigenvalue weighted by molar-refractivity contribution is 6.12. The van der Waals surface area contributed by atoms with E-state index in [-0.39, 0.29) is 16.8 Å². The zero-order valence-corrected chi connectivity index (χ0v) is 16.6. The van der Waals surface area contributed by atoms with Crippen LogP contribution in [0.3, 0.4) is 0 Å². The maximum Gasteiger partial charge on any atom is 0.417 e. The average Bonchev–Trinajstić information content (AvgIpc) is 2.72. The van der Waals surface area contributed by atoms with Gasteiger partial charge in [0, 0.05) is 14.1 Å². The minimum atomic E-state index is -4.80. The number of hydrogen-bond acceptors (Lipinski definition) is 2. The molecule has 3 aromatic carbocycles. The van der Waals surface area contributed by atoms with E-state index in [0.29, 0.717) is 5.56 Å². The third kappa shape index (κ3) is 4.74. The van der Waals surface area contributed by atoms with E-state index in [1.165, 1.54) is 37.2 Å². The monoisotopic (exact) mass is 430 g/mol. The van der Waals surface area contributed by atoms with E-state index in [9.17, 15) is 27.2 Å². The quantitative estimate of drug-likeness (QED) is 0.559. The largest absolute Gasteiger partial charge is 0.417 e. The van der Waals surface area contributed by atoms with Gasteiger partial charge < -0.3 is 10.2 Å². The van der Waals surface area contributed by atoms with Gasteiger partial charge >= 0.3 is 6.18 Å². The zero-order valence-electron chi connectivity index (χ0n) is 16.6. The summed E-state index contributed by atoms with van der Waals surface area (Å²) >= 11 is 0. The number of carbonyl (C=O) groups is 2. The van der Waals surface area contributed by atoms with Crippen molar-refractivity contribution in [2.24, 2.45) is 0 Å². The van der Waals surface area contributed by atoms with E-state index in [1.807, 2.05) is 0 Å². The zero-order chi connectivity index (χ0) is 22.8. The van der Waals surface area contributed by atoms with Crippen molar-refractivity contribution in [3.63, 3.8) is 0 Å². The fourth-order valence-electron chi connectivity index (χ4n) is 3.12. The van der Waals surface area contributed by atoms with Crippen LogP contribution in [0.25, 0.3) is 11.1 Å². The Balaban J connectivity index is 2.15. The van der Waals surface area contributed by atoms with E-state index in [1.54, 1.807) is 30.3 Å². The molecule has 0 saturated heterocycles. The number of benzene rings is 3. The highest BCUT2D eigenvalue weighted by atomic mass is 19.4. The average molecular weight is 430 g/mol. The van der Waals surface area contributed by atoms with Crippen LogP contribution < -0.4 is 5.32 Å². The van der Waals surface area contributed by atoms with Gasteiger partial charge in [-0.15, -0.1) is 0 Å². The SMILES string of the molecule is CN(C)C(=O)c1ccc(F)cc1NC(=O)c1c(-c2ccccc2)cccc1C(F)(F)F. The fraction of sp³-hybridized carbons (Fsp3) is 0.130. The van der Waals surface area contributed by atoms with Crippen LogP contribution in [-0.2, 0) is 6.18 Å². The minimum Gasteiger partial charge on any atom is -0.345 e. The van der Waals surface area contributed by atoms with Crippen LogP contribution in [0.5, 0.6) is 0 Å². The summed E-state index contributed by atoms with van der Waals surface area (Å²) in [5, 5.41) is 2.30. The number of nitrogens with one attached hydrogen (secondary N) is 1. The van der Waals surface area contributed by atoms with E-state index in [4.69, 9.17) is 0 Å². The van der Waals surface area contributed by atoms with Gasteiger partial charge in [-0.3, -0.25) is 9.59 Å². The molecule has 0 spiro atoms. The lowest BCUT2D eigenvalue weighted by Crippen LogP contribution is -2.25. The van der Waals surface area contributed by atoms with E-state index < -0.39 is 34.9 Å². The van der Waals surface area contributed by atoms with Crippen molar-refractivity contribution >= 4 is 17.5 Å². The molecular weight excluding hydrogens is 412 g/mol. The molecule has 31 heavy (non-hydrogen) atoms. The van der Waals surface area contributed by atoms with Gasteiger partial charge in [-0.1, -0.05) is 42.5 Å². The summed E-state index contributed by atoms with van der Waals surface area (Å²) in [4.78, 5) is 26.7. The summed E-state index contributed by atoms with van der Waals surface area (Å²) in [6.07, 6.45) is -4.80. The molecule has 0 radical (unpaired) electrons. The van der Waals surface area contributed by atoms with E-state index >= 15 is 0 Å². The molecule has 0 aliphatic rings. The van der Waals surface area contributed by atoms with Crippen LogP contribution in [-0.4, -0.2) is 30.8 Å². The lowest BCUT2D eigenvalue weighted by Gasteiger charge is -2.19. The molecule has 0 bridgehead atoms. The molecule has 0 unspecified atom stereocenters. The van der Waals surface area contributed by atoms with Gasteiger partial charge in [-0.2, -0.15) is 13.2 Å². The van der Waals surface area contributed by atoms with Crippen molar-refractivity contribution in [2.45, 2.75) is 6.18 Å². The number of nitrogens with zero attached hydrogens (tertiary/aromatic N) is 1. The van der Waals surface area contributed by atoms with Crippen LogP contribution in [0.15, 0.2) is 66.7 Å². The number of anilines is 1. The highest BCUT2D eigenvalue weighted by Crippen LogP contribution is 2.37. The molecule has 2 amide bonds. The smallest absolute Gasteiger partial charge is 0.345 e. The van der Waals surface area contributed by atoms with Crippen molar-refractivity contribution in [1.29, 1.82) is 0 Å². The predicted molar refractivity (Wildman–Crippen MR) is 109 cm³/mol. The Morgan fingerprint density at radius 3 is 2.19 bits per heavy atom. The topological polar surface area (TPSA) is 49.4 Å². The first-order valence-corrected chi connectivity index (χ1v) is 9.17. The van der Waals surface area contributed by atoms with Gasteiger partial charge in [0.2, 0.25) is 0 Å². The molecule has 1 N–H and O–H groups in total. The second-order valence-electron chi connectivity index (χ2n) is 6.94. The Morgan fingerprint density at radius 1 is 0.903 bits per heavy atom. The fourth-order valence-corrected chi connectivity index (χ4v) is 3.12. The van der Waals surface area contributed by atoms with Gasteiger partial charge in [0.1, 0.15) is 5.82 Å². The van der Waals surface area contributed by atoms with Crippen LogP contribution in [0, 0.1) is 5.82 Å². The summed E-state index contributed by atoms with van der Waals surface area (Å²) < 4.78 is 55.0. The van der Waals surface area contributed by atoms with Gasteiger partial charge in [0.15, 0.2) is 0 Å². The molecule has 3 rings (SSSR count). The summed E-state index contributed by atoms with van der Waals surface area (Å²) in [6.45, 7) is 0. The minimum absolute atomic E-state index is 0.0505. The number of carbonyl (C=O) groups excluding carboxylic acids is 2. The van der Waals surface area contributed by atoms with E-state index in [0.717, 1.165) is 18.2 Å². The Hall–Kier alpha value is -3.68. The summed E-state index contributed by atoms with van der Waals surface area (Å²) in [5.41, 5.74) is -1.56. The third-order valence-electron chi connectivity index (χ3n) is 4.55. The van der Waals surface area contributed by atoms with Crippen molar-refractivity contribution in [1.82, 2.24) is 4.90 Å². The molecule has 0 saturated carbocycles. The Labute approximate surface area is 176 Å². The maximum atomic E-state index is 13.8. The van der Waals surface area contributed by atoms with Crippen molar-refractivity contribution in [3.05, 3.63) is 89.2 Å². The van der Waals surface area contributed by atoms with Crippen LogP contribution in [0.4, 0.5) is 23.2 Å². The van der Waals surface area contributed by atoms with Crippen molar-refractivity contribution < 1.29 is 27.2 Å². The molecule has 3 aromatic rings. The second kappa shape index (κ2) is 8.59. The molecule has 0 aliphatic heterocycles. The molecule has 0 atom stereocenters. The molecule has 0 aliphatic carbocycles. The summed E-state index contributed by atoms with van der Waals surface area (Å²) in [5.74, 6) is -2.40. The van der Waals surface area contributed by atoms with Crippen molar-refractivity contribution in [3.8, 4) is 11.1 Å². The van der Waals surface area contributed by atoms with Gasteiger partial charge in [0.05, 0.1) is 22.4 Å². The first-order valence-electron chi connectivity index (χ1n) is 9.17. The summed E-state index contributed by atoms with van der Waals surface area (Å²) in [7, 11) is 2.92. The van der Waals surface area contributed by atoms with Gasteiger partial charge in [0.25, 0.3) is 11.8 Å². The maximum absolute atomic E-state index is 13.8. The molecular formula is C23H18F4N2O2. The second-order valence-corrected chi connectivity index (χ2v) is 6.94. The molecule has 0 heterocycles.